The maximum absolute atomic E-state index is 9.59. The van der Waals surface area contributed by atoms with E-state index < -0.39 is 0 Å². The molecule has 0 bridgehead atoms. The predicted octanol–water partition coefficient (Wildman–Crippen LogP) is 14.2. The molecule has 0 saturated heterocycles. The molecule has 0 unspecified atom stereocenters. The summed E-state index contributed by atoms with van der Waals surface area (Å²) in [5.74, 6) is 2.00. The van der Waals surface area contributed by atoms with Crippen molar-refractivity contribution in [3.63, 3.8) is 0 Å². The Bertz CT molecular complexity index is 2370. The summed E-state index contributed by atoms with van der Waals surface area (Å²) >= 11 is 0. The number of para-hydroxylation sites is 2. The molecule has 0 radical (unpaired) electrons. The Balaban J connectivity index is 0.982. The molecule has 0 spiro atoms. The first-order valence-corrected chi connectivity index (χ1v) is 18.8. The first kappa shape index (κ1) is 36.2. The molecule has 0 aliphatic heterocycles. The lowest BCUT2D eigenvalue weighted by Gasteiger charge is -2.26. The van der Waals surface area contributed by atoms with Gasteiger partial charge in [-0.3, -0.25) is 0 Å². The number of ether oxygens (including phenoxy) is 1. The van der Waals surface area contributed by atoms with Gasteiger partial charge in [-0.1, -0.05) is 109 Å². The molecule has 5 heteroatoms. The number of nitrogens with zero attached hydrogens (tertiary/aromatic N) is 2. The number of benzene rings is 8. The minimum atomic E-state index is 0.259. The van der Waals surface area contributed by atoms with Gasteiger partial charge in [0.15, 0.2) is 0 Å². The number of hydrogen-bond acceptors (Lipinski definition) is 5. The van der Waals surface area contributed by atoms with Crippen molar-refractivity contribution < 1.29 is 14.9 Å². The molecule has 0 amide bonds. The summed E-state index contributed by atoms with van der Waals surface area (Å²) in [6.07, 6.45) is 8.21. The van der Waals surface area contributed by atoms with Gasteiger partial charge in [0, 0.05) is 34.1 Å². The van der Waals surface area contributed by atoms with Gasteiger partial charge in [0.05, 0.1) is 0 Å². The summed E-state index contributed by atoms with van der Waals surface area (Å²) in [6, 6.07) is 68.2. The van der Waals surface area contributed by atoms with Crippen molar-refractivity contribution in [3.8, 4) is 23.0 Å². The minimum Gasteiger partial charge on any atom is -0.508 e. The van der Waals surface area contributed by atoms with Crippen LogP contribution in [0.15, 0.2) is 206 Å². The molecule has 57 heavy (non-hydrogen) atoms. The Morgan fingerprint density at radius 2 is 0.526 bits per heavy atom. The van der Waals surface area contributed by atoms with Crippen molar-refractivity contribution in [2.24, 2.45) is 0 Å². The topological polar surface area (TPSA) is 56.2 Å². The molecule has 8 rings (SSSR count). The summed E-state index contributed by atoms with van der Waals surface area (Å²) in [7, 11) is 0. The van der Waals surface area contributed by atoms with Crippen LogP contribution in [0, 0.1) is 0 Å². The highest BCUT2D eigenvalue weighted by atomic mass is 16.5. The first-order chi connectivity index (χ1) is 28.0. The van der Waals surface area contributed by atoms with Crippen molar-refractivity contribution in [1.29, 1.82) is 0 Å². The smallest absolute Gasteiger partial charge is 0.127 e. The zero-order chi connectivity index (χ0) is 38.8. The molecule has 8 aromatic carbocycles. The number of anilines is 6. The Morgan fingerprint density at radius 3 is 0.825 bits per heavy atom. The molecule has 0 fully saturated rings. The number of rotatable bonds is 12. The second-order valence-electron chi connectivity index (χ2n) is 13.5. The van der Waals surface area contributed by atoms with Crippen molar-refractivity contribution in [3.05, 3.63) is 229 Å². The second-order valence-corrected chi connectivity index (χ2v) is 13.5. The van der Waals surface area contributed by atoms with Gasteiger partial charge < -0.3 is 24.7 Å². The van der Waals surface area contributed by atoms with E-state index in [4.69, 9.17) is 4.74 Å². The van der Waals surface area contributed by atoms with Crippen molar-refractivity contribution in [2.45, 2.75) is 0 Å². The number of phenolic OH excluding ortho intramolecular Hbond substituents is 2. The van der Waals surface area contributed by atoms with Crippen LogP contribution in [0.4, 0.5) is 34.1 Å². The summed E-state index contributed by atoms with van der Waals surface area (Å²) in [5, 5.41) is 19.2. The van der Waals surface area contributed by atoms with E-state index in [1.54, 1.807) is 24.3 Å². The molecule has 2 N–H and O–H groups in total. The van der Waals surface area contributed by atoms with Gasteiger partial charge in [-0.25, -0.2) is 0 Å². The zero-order valence-corrected chi connectivity index (χ0v) is 31.1. The third-order valence-corrected chi connectivity index (χ3v) is 9.48. The molecule has 0 aliphatic carbocycles. The largest absolute Gasteiger partial charge is 0.508 e. The quantitative estimate of drug-likeness (QED) is 0.122. The lowest BCUT2D eigenvalue weighted by Crippen LogP contribution is -2.09. The normalized spacial score (nSPS) is 11.2. The second kappa shape index (κ2) is 17.1. The molecule has 8 aromatic rings. The lowest BCUT2D eigenvalue weighted by atomic mass is 10.1. The predicted molar refractivity (Wildman–Crippen MR) is 236 cm³/mol. The van der Waals surface area contributed by atoms with E-state index in [9.17, 15) is 10.2 Å². The van der Waals surface area contributed by atoms with E-state index in [2.05, 4.69) is 119 Å². The van der Waals surface area contributed by atoms with Crippen LogP contribution in [0.3, 0.4) is 0 Å². The third-order valence-electron chi connectivity index (χ3n) is 9.48. The molecular weight excluding hydrogens is 701 g/mol. The number of aromatic hydroxyl groups is 2. The summed E-state index contributed by atoms with van der Waals surface area (Å²) in [5.41, 5.74) is 10.4. The van der Waals surface area contributed by atoms with E-state index in [-0.39, 0.29) is 11.5 Å². The van der Waals surface area contributed by atoms with Gasteiger partial charge >= 0.3 is 0 Å². The Labute approximate surface area is 333 Å². The van der Waals surface area contributed by atoms with Crippen LogP contribution >= 0.6 is 0 Å². The van der Waals surface area contributed by atoms with Gasteiger partial charge in [0.1, 0.15) is 23.0 Å². The third kappa shape index (κ3) is 9.14. The van der Waals surface area contributed by atoms with Crippen molar-refractivity contribution >= 4 is 58.4 Å². The van der Waals surface area contributed by atoms with Gasteiger partial charge in [-0.05, 0) is 144 Å². The summed E-state index contributed by atoms with van der Waals surface area (Å²) in [4.78, 5) is 4.45. The monoisotopic (exact) mass is 740 g/mol. The van der Waals surface area contributed by atoms with Crippen molar-refractivity contribution in [2.75, 3.05) is 9.80 Å². The van der Waals surface area contributed by atoms with Gasteiger partial charge in [0.2, 0.25) is 0 Å². The SMILES string of the molecule is Oc1ccc(C=Cc2ccc(N(c3ccccc3)c3ccc(Oc4ccc(N(c5ccccc5)c5ccc(C=Cc6ccc(O)cc6)cc5)cc4)cc3)cc2)cc1. The van der Waals surface area contributed by atoms with Crippen LogP contribution in [0.5, 0.6) is 23.0 Å². The first-order valence-electron chi connectivity index (χ1n) is 18.8. The van der Waals surface area contributed by atoms with Crippen LogP contribution in [0.25, 0.3) is 24.3 Å². The van der Waals surface area contributed by atoms with Crippen LogP contribution in [-0.4, -0.2) is 10.2 Å². The zero-order valence-electron chi connectivity index (χ0n) is 31.1. The fraction of sp³-hybridized carbons (Fsp3) is 0. The van der Waals surface area contributed by atoms with Gasteiger partial charge in [0.25, 0.3) is 0 Å². The van der Waals surface area contributed by atoms with Crippen LogP contribution in [0.2, 0.25) is 0 Å². The molecule has 0 heterocycles. The van der Waals surface area contributed by atoms with E-state index in [0.717, 1.165) is 67.9 Å². The van der Waals surface area contributed by atoms with Crippen molar-refractivity contribution in [1.82, 2.24) is 0 Å². The highest BCUT2D eigenvalue weighted by molar-refractivity contribution is 5.80. The average Bonchev–Trinajstić information content (AvgIpc) is 3.26. The molecule has 0 aromatic heterocycles. The molecule has 0 aliphatic rings. The minimum absolute atomic E-state index is 0.259. The fourth-order valence-corrected chi connectivity index (χ4v) is 6.54. The standard InChI is InChI=1S/C52H40N2O3/c55-49-31-19-41(20-32-49)13-11-39-15-23-45(24-16-39)53(43-7-3-1-4-8-43)47-27-35-51(36-28-47)57-52-37-29-48(30-38-52)54(44-9-5-2-6-10-44)46-25-17-40(18-26-46)12-14-42-21-33-50(56)34-22-42/h1-38,55-56H. The Hall–Kier alpha value is -7.76. The maximum atomic E-state index is 9.59. The molecule has 0 saturated carbocycles. The average molecular weight is 741 g/mol. The van der Waals surface area contributed by atoms with Gasteiger partial charge in [-0.15, -0.1) is 0 Å². The van der Waals surface area contributed by atoms with Gasteiger partial charge in [-0.2, -0.15) is 0 Å². The van der Waals surface area contributed by atoms with E-state index in [0.29, 0.717) is 0 Å². The molecule has 5 nitrogen and oxygen atoms in total. The molecule has 276 valence electrons. The number of phenols is 2. The Morgan fingerprint density at radius 1 is 0.281 bits per heavy atom. The maximum Gasteiger partial charge on any atom is 0.127 e. The highest BCUT2D eigenvalue weighted by Crippen LogP contribution is 2.38. The van der Waals surface area contributed by atoms with E-state index in [1.807, 2.05) is 97.1 Å². The number of hydrogen-bond donors (Lipinski definition) is 2. The summed E-state index contributed by atoms with van der Waals surface area (Å²) in [6.45, 7) is 0. The van der Waals surface area contributed by atoms with E-state index >= 15 is 0 Å². The van der Waals surface area contributed by atoms with Crippen LogP contribution in [0.1, 0.15) is 22.3 Å². The fourth-order valence-electron chi connectivity index (χ4n) is 6.54. The summed E-state index contributed by atoms with van der Waals surface area (Å²) < 4.78 is 6.36. The molecule has 0 atom stereocenters. The molecular formula is C52H40N2O3. The lowest BCUT2D eigenvalue weighted by molar-refractivity contribution is 0.474. The van der Waals surface area contributed by atoms with E-state index in [1.165, 1.54) is 0 Å². The van der Waals surface area contributed by atoms with Crippen LogP contribution < -0.4 is 14.5 Å². The van der Waals surface area contributed by atoms with Crippen LogP contribution in [-0.2, 0) is 0 Å². The Kier molecular flexibility index (Phi) is 10.9. The highest BCUT2D eigenvalue weighted by Gasteiger charge is 2.14.